The fourth-order valence-electron chi connectivity index (χ4n) is 2.94. The fraction of sp³-hybridized carbons (Fsp3) is 0.389. The van der Waals surface area contributed by atoms with Crippen molar-refractivity contribution in [3.8, 4) is 0 Å². The summed E-state index contributed by atoms with van der Waals surface area (Å²) in [6.45, 7) is 4.64. The van der Waals surface area contributed by atoms with Crippen molar-refractivity contribution in [1.29, 1.82) is 0 Å². The van der Waals surface area contributed by atoms with E-state index in [2.05, 4.69) is 27.0 Å². The molecule has 24 heavy (non-hydrogen) atoms. The zero-order valence-corrected chi connectivity index (χ0v) is 14.1. The number of rotatable bonds is 7. The predicted molar refractivity (Wildman–Crippen MR) is 93.7 cm³/mol. The molecule has 1 amide bonds. The van der Waals surface area contributed by atoms with Crippen LogP contribution in [0.5, 0.6) is 0 Å². The number of carbonyl (C=O) groups is 1. The number of carbonyl (C=O) groups excluding carboxylic acids is 1. The monoisotopic (exact) mass is 325 g/mol. The maximum atomic E-state index is 12.6. The molecule has 6 nitrogen and oxygen atoms in total. The van der Waals surface area contributed by atoms with E-state index >= 15 is 0 Å². The number of imidazole rings is 1. The molecule has 6 heteroatoms. The number of aromatic nitrogens is 4. The van der Waals surface area contributed by atoms with E-state index < -0.39 is 0 Å². The SMILES string of the molecule is CCCc1nc2ccccc2n1[C@H](C)C(=O)NCCc1ccn[nH]1. The van der Waals surface area contributed by atoms with E-state index in [0.717, 1.165) is 41.8 Å². The molecular formula is C18H23N5O. The van der Waals surface area contributed by atoms with Crippen LogP contribution in [0.2, 0.25) is 0 Å². The third-order valence-corrected chi connectivity index (χ3v) is 4.16. The van der Waals surface area contributed by atoms with Gasteiger partial charge in [-0.3, -0.25) is 9.89 Å². The molecule has 2 aromatic heterocycles. The zero-order chi connectivity index (χ0) is 16.9. The van der Waals surface area contributed by atoms with Crippen molar-refractivity contribution < 1.29 is 4.79 Å². The molecule has 0 fully saturated rings. The normalized spacial score (nSPS) is 12.4. The number of amides is 1. The first-order valence-corrected chi connectivity index (χ1v) is 8.42. The Kier molecular flexibility index (Phi) is 4.93. The van der Waals surface area contributed by atoms with Gasteiger partial charge >= 0.3 is 0 Å². The Morgan fingerprint density at radius 2 is 2.12 bits per heavy atom. The first-order chi connectivity index (χ1) is 11.7. The lowest BCUT2D eigenvalue weighted by Gasteiger charge is -2.17. The second-order valence-electron chi connectivity index (χ2n) is 5.94. The van der Waals surface area contributed by atoms with Crippen LogP contribution in [0, 0.1) is 0 Å². The number of hydrogen-bond acceptors (Lipinski definition) is 3. The van der Waals surface area contributed by atoms with E-state index in [4.69, 9.17) is 4.98 Å². The van der Waals surface area contributed by atoms with E-state index in [-0.39, 0.29) is 11.9 Å². The highest BCUT2D eigenvalue weighted by atomic mass is 16.2. The predicted octanol–water partition coefficient (Wildman–Crippen LogP) is 2.63. The van der Waals surface area contributed by atoms with Crippen LogP contribution in [-0.2, 0) is 17.6 Å². The Morgan fingerprint density at radius 3 is 2.88 bits per heavy atom. The van der Waals surface area contributed by atoms with Crippen molar-refractivity contribution in [3.63, 3.8) is 0 Å². The Hall–Kier alpha value is -2.63. The summed E-state index contributed by atoms with van der Waals surface area (Å²) in [4.78, 5) is 17.3. The van der Waals surface area contributed by atoms with Crippen molar-refractivity contribution in [3.05, 3.63) is 48.0 Å². The number of nitrogens with zero attached hydrogens (tertiary/aromatic N) is 3. The molecule has 0 aliphatic rings. The number of hydrogen-bond donors (Lipinski definition) is 2. The van der Waals surface area contributed by atoms with Crippen LogP contribution >= 0.6 is 0 Å². The first kappa shape index (κ1) is 16.2. The molecule has 0 saturated carbocycles. The standard InChI is InChI=1S/C18H23N5O/c1-3-6-17-21-15-7-4-5-8-16(15)23(17)13(2)18(24)19-11-9-14-10-12-20-22-14/h4-5,7-8,10,12-13H,3,6,9,11H2,1-2H3,(H,19,24)(H,20,22)/t13-/m1/s1. The average Bonchev–Trinajstić information content (AvgIpc) is 3.21. The summed E-state index contributed by atoms with van der Waals surface area (Å²) >= 11 is 0. The molecule has 2 heterocycles. The smallest absolute Gasteiger partial charge is 0.242 e. The van der Waals surface area contributed by atoms with Gasteiger partial charge < -0.3 is 9.88 Å². The van der Waals surface area contributed by atoms with E-state index in [1.807, 2.05) is 37.3 Å². The molecule has 3 rings (SSSR count). The van der Waals surface area contributed by atoms with E-state index in [1.165, 1.54) is 0 Å². The number of aryl methyl sites for hydroxylation is 1. The van der Waals surface area contributed by atoms with Crippen LogP contribution in [0.1, 0.15) is 37.8 Å². The van der Waals surface area contributed by atoms with Crippen molar-refractivity contribution in [2.24, 2.45) is 0 Å². The van der Waals surface area contributed by atoms with E-state index in [0.29, 0.717) is 6.54 Å². The lowest BCUT2D eigenvalue weighted by atomic mass is 10.2. The zero-order valence-electron chi connectivity index (χ0n) is 14.1. The summed E-state index contributed by atoms with van der Waals surface area (Å²) < 4.78 is 2.06. The van der Waals surface area contributed by atoms with Crippen molar-refractivity contribution in [2.45, 2.75) is 39.2 Å². The molecule has 3 aromatic rings. The molecule has 0 bridgehead atoms. The topological polar surface area (TPSA) is 75.6 Å². The third-order valence-electron chi connectivity index (χ3n) is 4.16. The number of H-pyrrole nitrogens is 1. The minimum absolute atomic E-state index is 0.00928. The van der Waals surface area contributed by atoms with Crippen LogP contribution in [0.3, 0.4) is 0 Å². The van der Waals surface area contributed by atoms with Gasteiger partial charge in [-0.15, -0.1) is 0 Å². The van der Waals surface area contributed by atoms with Gasteiger partial charge in [0.1, 0.15) is 11.9 Å². The Balaban J connectivity index is 1.75. The maximum absolute atomic E-state index is 12.6. The quantitative estimate of drug-likeness (QED) is 0.701. The maximum Gasteiger partial charge on any atom is 0.242 e. The molecule has 0 aliphatic heterocycles. The fourth-order valence-corrected chi connectivity index (χ4v) is 2.94. The molecule has 0 aliphatic carbocycles. The molecule has 2 N–H and O–H groups in total. The number of nitrogens with one attached hydrogen (secondary N) is 2. The lowest BCUT2D eigenvalue weighted by molar-refractivity contribution is -0.123. The van der Waals surface area contributed by atoms with Gasteiger partial charge in [0.2, 0.25) is 5.91 Å². The van der Waals surface area contributed by atoms with Crippen LogP contribution in [0.4, 0.5) is 0 Å². The van der Waals surface area contributed by atoms with Gasteiger partial charge in [-0.2, -0.15) is 5.10 Å². The summed E-state index contributed by atoms with van der Waals surface area (Å²) in [5, 5.41) is 9.82. The van der Waals surface area contributed by atoms with E-state index in [9.17, 15) is 4.79 Å². The Bertz CT molecular complexity index is 806. The van der Waals surface area contributed by atoms with Gasteiger partial charge in [0.25, 0.3) is 0 Å². The molecule has 1 atom stereocenters. The number of benzene rings is 1. The van der Waals surface area contributed by atoms with E-state index in [1.54, 1.807) is 6.20 Å². The average molecular weight is 325 g/mol. The number of fused-ring (bicyclic) bond motifs is 1. The summed E-state index contributed by atoms with van der Waals surface area (Å²) in [5.74, 6) is 0.977. The summed E-state index contributed by atoms with van der Waals surface area (Å²) in [5.41, 5.74) is 2.97. The van der Waals surface area contributed by atoms with Gasteiger partial charge in [0, 0.05) is 31.3 Å². The first-order valence-electron chi connectivity index (χ1n) is 8.42. The number of aromatic amines is 1. The largest absolute Gasteiger partial charge is 0.354 e. The molecule has 0 unspecified atom stereocenters. The van der Waals surface area contributed by atoms with Crippen LogP contribution in [0.25, 0.3) is 11.0 Å². The molecule has 0 radical (unpaired) electrons. The minimum atomic E-state index is -0.291. The molecule has 0 saturated heterocycles. The second-order valence-corrected chi connectivity index (χ2v) is 5.94. The summed E-state index contributed by atoms with van der Waals surface area (Å²) in [7, 11) is 0. The highest BCUT2D eigenvalue weighted by molar-refractivity contribution is 5.84. The van der Waals surface area contributed by atoms with Gasteiger partial charge in [-0.25, -0.2) is 4.98 Å². The minimum Gasteiger partial charge on any atom is -0.354 e. The van der Waals surface area contributed by atoms with Crippen LogP contribution in [0.15, 0.2) is 36.5 Å². The highest BCUT2D eigenvalue weighted by Crippen LogP contribution is 2.22. The number of para-hydroxylation sites is 2. The van der Waals surface area contributed by atoms with Gasteiger partial charge in [0.15, 0.2) is 0 Å². The molecular weight excluding hydrogens is 302 g/mol. The Labute approximate surface area is 141 Å². The third kappa shape index (κ3) is 3.32. The van der Waals surface area contributed by atoms with Gasteiger partial charge in [-0.1, -0.05) is 19.1 Å². The summed E-state index contributed by atoms with van der Waals surface area (Å²) in [6, 6.07) is 9.60. The van der Waals surface area contributed by atoms with Crippen LogP contribution < -0.4 is 5.32 Å². The second kappa shape index (κ2) is 7.29. The van der Waals surface area contributed by atoms with Gasteiger partial charge in [-0.05, 0) is 31.5 Å². The Morgan fingerprint density at radius 1 is 1.29 bits per heavy atom. The van der Waals surface area contributed by atoms with Crippen molar-refractivity contribution >= 4 is 16.9 Å². The van der Waals surface area contributed by atoms with Crippen molar-refractivity contribution in [2.75, 3.05) is 6.54 Å². The molecule has 0 spiro atoms. The van der Waals surface area contributed by atoms with Gasteiger partial charge in [0.05, 0.1) is 11.0 Å². The highest BCUT2D eigenvalue weighted by Gasteiger charge is 2.20. The molecule has 126 valence electrons. The summed E-state index contributed by atoms with van der Waals surface area (Å²) in [6.07, 6.45) is 4.32. The lowest BCUT2D eigenvalue weighted by Crippen LogP contribution is -2.33. The molecule has 1 aromatic carbocycles. The van der Waals surface area contributed by atoms with Crippen LogP contribution in [-0.4, -0.2) is 32.2 Å². The van der Waals surface area contributed by atoms with Crippen molar-refractivity contribution in [1.82, 2.24) is 25.1 Å².